The van der Waals surface area contributed by atoms with Crippen molar-refractivity contribution < 1.29 is 13.9 Å². The molecule has 1 N–H and O–H groups in total. The first kappa shape index (κ1) is 11.1. The molecule has 2 aliphatic rings. The smallest absolute Gasteiger partial charge is 0.263 e. The van der Waals surface area contributed by atoms with Gasteiger partial charge in [0, 0.05) is 0 Å². The molecule has 2 aromatic rings. The van der Waals surface area contributed by atoms with Gasteiger partial charge in [0.1, 0.15) is 6.10 Å². The Morgan fingerprint density at radius 3 is 1.53 bits per heavy atom. The van der Waals surface area contributed by atoms with Gasteiger partial charge in [0.05, 0.1) is 11.8 Å². The first-order chi connectivity index (χ1) is 9.12. The number of benzene rings is 2. The Kier molecular flexibility index (Phi) is 2.00. The minimum Gasteiger partial charge on any atom is -0.384 e. The Hall–Kier alpha value is -1.74. The second kappa shape index (κ2) is 3.42. The van der Waals surface area contributed by atoms with Crippen molar-refractivity contribution in [2.45, 2.75) is 23.9 Å². The molecular weight excluding hydrogens is 246 g/mol. The molecule has 96 valence electrons. The van der Waals surface area contributed by atoms with Crippen LogP contribution < -0.4 is 0 Å². The summed E-state index contributed by atoms with van der Waals surface area (Å²) in [4.78, 5) is 0. The second-order valence-electron chi connectivity index (χ2n) is 5.29. The topological polar surface area (TPSA) is 20.2 Å². The van der Waals surface area contributed by atoms with Gasteiger partial charge in [0.25, 0.3) is 5.92 Å². The Balaban J connectivity index is 2.02. The number of rotatable bonds is 0. The number of halogens is 2. The van der Waals surface area contributed by atoms with Crippen molar-refractivity contribution >= 4 is 0 Å². The van der Waals surface area contributed by atoms with Crippen LogP contribution in [0, 0.1) is 0 Å². The number of hydrogen-bond acceptors (Lipinski definition) is 1. The van der Waals surface area contributed by atoms with E-state index in [0.29, 0.717) is 22.3 Å². The SMILES string of the molecule is OC1c2ccccc2[C@H]2[C@H](c3ccccc31)C2(F)F. The van der Waals surface area contributed by atoms with Gasteiger partial charge in [0.2, 0.25) is 0 Å². The van der Waals surface area contributed by atoms with Crippen molar-refractivity contribution in [2.75, 3.05) is 0 Å². The second-order valence-corrected chi connectivity index (χ2v) is 5.29. The van der Waals surface area contributed by atoms with Gasteiger partial charge >= 0.3 is 0 Å². The van der Waals surface area contributed by atoms with Crippen molar-refractivity contribution in [3.63, 3.8) is 0 Å². The summed E-state index contributed by atoms with van der Waals surface area (Å²) in [6.45, 7) is 0. The molecule has 1 saturated carbocycles. The summed E-state index contributed by atoms with van der Waals surface area (Å²) in [5.41, 5.74) is 2.39. The van der Waals surface area contributed by atoms with Crippen LogP contribution >= 0.6 is 0 Å². The molecule has 0 heterocycles. The molecule has 0 unspecified atom stereocenters. The van der Waals surface area contributed by atoms with Crippen LogP contribution in [0.4, 0.5) is 8.78 Å². The number of aliphatic hydroxyl groups excluding tert-OH is 1. The minimum absolute atomic E-state index is 0.584. The highest BCUT2D eigenvalue weighted by Gasteiger charge is 2.71. The Morgan fingerprint density at radius 1 is 0.737 bits per heavy atom. The number of aliphatic hydroxyl groups is 1. The van der Waals surface area contributed by atoms with Gasteiger partial charge in [-0.25, -0.2) is 8.78 Å². The lowest BCUT2D eigenvalue weighted by atomic mass is 9.94. The summed E-state index contributed by atoms with van der Waals surface area (Å²) < 4.78 is 28.2. The Bertz CT molecular complexity index is 610. The van der Waals surface area contributed by atoms with E-state index < -0.39 is 23.9 Å². The Morgan fingerprint density at radius 2 is 1.11 bits per heavy atom. The quantitative estimate of drug-likeness (QED) is 0.765. The molecule has 1 fully saturated rings. The van der Waals surface area contributed by atoms with E-state index >= 15 is 0 Å². The average Bonchev–Trinajstić information content (AvgIpc) is 3.02. The van der Waals surface area contributed by atoms with E-state index in [1.807, 2.05) is 0 Å². The molecule has 1 nitrogen and oxygen atoms in total. The summed E-state index contributed by atoms with van der Waals surface area (Å²) >= 11 is 0. The average molecular weight is 258 g/mol. The van der Waals surface area contributed by atoms with E-state index in [1.54, 1.807) is 48.5 Å². The van der Waals surface area contributed by atoms with Gasteiger partial charge in [0.15, 0.2) is 0 Å². The molecular formula is C16H12F2O. The highest BCUT2D eigenvalue weighted by molar-refractivity contribution is 5.55. The molecule has 4 rings (SSSR count). The van der Waals surface area contributed by atoms with Gasteiger partial charge in [-0.05, 0) is 22.3 Å². The third-order valence-corrected chi connectivity index (χ3v) is 4.30. The molecule has 0 aliphatic heterocycles. The zero-order valence-electron chi connectivity index (χ0n) is 10.1. The van der Waals surface area contributed by atoms with E-state index in [-0.39, 0.29) is 0 Å². The first-order valence-corrected chi connectivity index (χ1v) is 6.36. The van der Waals surface area contributed by atoms with Crippen LogP contribution in [0.1, 0.15) is 40.2 Å². The van der Waals surface area contributed by atoms with Crippen LogP contribution in [0.3, 0.4) is 0 Å². The molecule has 19 heavy (non-hydrogen) atoms. The number of fused-ring (bicyclic) bond motifs is 5. The maximum atomic E-state index is 14.1. The van der Waals surface area contributed by atoms with Crippen molar-refractivity contribution in [3.8, 4) is 0 Å². The van der Waals surface area contributed by atoms with Crippen molar-refractivity contribution in [1.82, 2.24) is 0 Å². The molecule has 3 heteroatoms. The van der Waals surface area contributed by atoms with Crippen LogP contribution in [-0.2, 0) is 0 Å². The minimum atomic E-state index is -2.70. The van der Waals surface area contributed by atoms with Crippen LogP contribution in [0.2, 0.25) is 0 Å². The van der Waals surface area contributed by atoms with E-state index in [9.17, 15) is 13.9 Å². The summed E-state index contributed by atoms with van der Waals surface area (Å²) in [5, 5.41) is 10.5. The van der Waals surface area contributed by atoms with Crippen LogP contribution in [-0.4, -0.2) is 11.0 Å². The van der Waals surface area contributed by atoms with Crippen LogP contribution in [0.25, 0.3) is 0 Å². The van der Waals surface area contributed by atoms with Crippen molar-refractivity contribution in [2.24, 2.45) is 0 Å². The largest absolute Gasteiger partial charge is 0.384 e. The Labute approximate surface area is 109 Å². The maximum Gasteiger partial charge on any atom is 0.263 e. The zero-order chi connectivity index (χ0) is 13.2. The highest BCUT2D eigenvalue weighted by Crippen LogP contribution is 2.69. The van der Waals surface area contributed by atoms with Gasteiger partial charge in [-0.3, -0.25) is 0 Å². The number of alkyl halides is 2. The molecule has 0 bridgehead atoms. The molecule has 0 amide bonds. The number of hydrogen-bond donors (Lipinski definition) is 1. The fourth-order valence-electron chi connectivity index (χ4n) is 3.35. The van der Waals surface area contributed by atoms with Crippen molar-refractivity contribution in [3.05, 3.63) is 70.8 Å². The third-order valence-electron chi connectivity index (χ3n) is 4.30. The summed E-state index contributed by atoms with van der Waals surface area (Å²) in [5.74, 6) is -4.28. The lowest BCUT2D eigenvalue weighted by molar-refractivity contribution is 0.103. The summed E-state index contributed by atoms with van der Waals surface area (Å²) in [6, 6.07) is 14.0. The normalized spacial score (nSPS) is 26.9. The molecule has 0 aromatic heterocycles. The van der Waals surface area contributed by atoms with Crippen LogP contribution in [0.5, 0.6) is 0 Å². The summed E-state index contributed by atoms with van der Waals surface area (Å²) in [7, 11) is 0. The monoisotopic (exact) mass is 258 g/mol. The van der Waals surface area contributed by atoms with Gasteiger partial charge < -0.3 is 5.11 Å². The molecule has 0 spiro atoms. The molecule has 0 radical (unpaired) electrons. The van der Waals surface area contributed by atoms with E-state index in [4.69, 9.17) is 0 Å². The lowest BCUT2D eigenvalue weighted by Crippen LogP contribution is -2.08. The van der Waals surface area contributed by atoms with E-state index in [0.717, 1.165) is 0 Å². The van der Waals surface area contributed by atoms with Crippen molar-refractivity contribution in [1.29, 1.82) is 0 Å². The third kappa shape index (κ3) is 1.31. The zero-order valence-corrected chi connectivity index (χ0v) is 10.1. The standard InChI is InChI=1S/C16H12F2O/c17-16(18)13-9-5-1-3-7-11(9)15(19)12-8-4-2-6-10(12)14(13)16/h1-8,13-15,19H/t13-,14-/m0/s1. The maximum absolute atomic E-state index is 14.1. The fraction of sp³-hybridized carbons (Fsp3) is 0.250. The summed E-state index contributed by atoms with van der Waals surface area (Å²) in [6.07, 6.45) is -0.809. The van der Waals surface area contributed by atoms with E-state index in [2.05, 4.69) is 0 Å². The predicted molar refractivity (Wildman–Crippen MR) is 67.4 cm³/mol. The highest BCUT2D eigenvalue weighted by atomic mass is 19.3. The van der Waals surface area contributed by atoms with Gasteiger partial charge in [-0.15, -0.1) is 0 Å². The molecule has 2 atom stereocenters. The van der Waals surface area contributed by atoms with Crippen LogP contribution in [0.15, 0.2) is 48.5 Å². The lowest BCUT2D eigenvalue weighted by Gasteiger charge is -2.17. The molecule has 0 saturated heterocycles. The molecule has 2 aromatic carbocycles. The molecule has 2 aliphatic carbocycles. The first-order valence-electron chi connectivity index (χ1n) is 6.36. The van der Waals surface area contributed by atoms with E-state index in [1.165, 1.54) is 0 Å². The van der Waals surface area contributed by atoms with Gasteiger partial charge in [-0.2, -0.15) is 0 Å². The predicted octanol–water partition coefficient (Wildman–Crippen LogP) is 3.60. The van der Waals surface area contributed by atoms with Gasteiger partial charge in [-0.1, -0.05) is 48.5 Å². The fourth-order valence-corrected chi connectivity index (χ4v) is 3.35.